The number of rotatable bonds is 8. The first kappa shape index (κ1) is 26.6. The molecule has 1 amide bonds. The molecule has 0 bridgehead atoms. The lowest BCUT2D eigenvalue weighted by atomic mass is 10.1. The van der Waals surface area contributed by atoms with E-state index in [0.717, 1.165) is 61.6 Å². The lowest BCUT2D eigenvalue weighted by Crippen LogP contribution is -2.37. The normalized spacial score (nSPS) is 14.6. The molecule has 1 aliphatic rings. The van der Waals surface area contributed by atoms with Crippen molar-refractivity contribution in [2.45, 2.75) is 45.1 Å². The summed E-state index contributed by atoms with van der Waals surface area (Å²) in [6.07, 6.45) is 6.62. The molecule has 0 unspecified atom stereocenters. The van der Waals surface area contributed by atoms with E-state index in [1.165, 1.54) is 24.8 Å². The van der Waals surface area contributed by atoms with Crippen LogP contribution in [0.2, 0.25) is 0 Å². The Morgan fingerprint density at radius 2 is 1.73 bits per heavy atom. The van der Waals surface area contributed by atoms with Crippen LogP contribution >= 0.6 is 0 Å². The second-order valence-corrected chi connectivity index (χ2v) is 9.46. The molecule has 0 atom stereocenters. The highest BCUT2D eigenvalue weighted by atomic mass is 16.5. The van der Waals surface area contributed by atoms with Crippen LogP contribution in [-0.4, -0.2) is 39.3 Å². The Balaban J connectivity index is 1.47. The number of anilines is 2. The fourth-order valence-electron chi connectivity index (χ4n) is 4.67. The minimum Gasteiger partial charge on any atom is -0.497 e. The van der Waals surface area contributed by atoms with Gasteiger partial charge >= 0.3 is 0 Å². The molecule has 1 aliphatic heterocycles. The Morgan fingerprint density at radius 1 is 0.919 bits per heavy atom. The molecule has 1 heterocycles. The largest absolute Gasteiger partial charge is 0.497 e. The number of amides is 1. The van der Waals surface area contributed by atoms with E-state index in [1.54, 1.807) is 7.11 Å². The van der Waals surface area contributed by atoms with Crippen LogP contribution in [0, 0.1) is 0 Å². The Bertz CT molecular complexity index is 1120. The van der Waals surface area contributed by atoms with Gasteiger partial charge in [0.15, 0.2) is 6.61 Å². The van der Waals surface area contributed by atoms with E-state index < -0.39 is 0 Å². The monoisotopic (exact) mass is 501 g/mol. The molecule has 2 N–H and O–H groups in total. The number of para-hydroxylation sites is 1. The van der Waals surface area contributed by atoms with Gasteiger partial charge in [-0.25, -0.2) is 0 Å². The lowest BCUT2D eigenvalue weighted by Gasteiger charge is -2.27. The number of nitrogens with zero attached hydrogens (tertiary/aromatic N) is 1. The third-order valence-corrected chi connectivity index (χ3v) is 6.70. The van der Waals surface area contributed by atoms with E-state index in [0.29, 0.717) is 12.3 Å². The molecule has 3 aromatic carbocycles. The zero-order valence-corrected chi connectivity index (χ0v) is 21.9. The van der Waals surface area contributed by atoms with Gasteiger partial charge in [-0.1, -0.05) is 49.6 Å². The molecule has 0 radical (unpaired) electrons. The Hall–Kier alpha value is -3.51. The Kier molecular flexibility index (Phi) is 10.3. The molecule has 0 spiro atoms. The van der Waals surface area contributed by atoms with Gasteiger partial charge < -0.3 is 25.0 Å². The number of benzene rings is 3. The second-order valence-electron chi connectivity index (χ2n) is 9.46. The molecule has 6 nitrogen and oxygen atoms in total. The van der Waals surface area contributed by atoms with Gasteiger partial charge in [0.05, 0.1) is 7.11 Å². The van der Waals surface area contributed by atoms with E-state index in [1.807, 2.05) is 47.4 Å². The lowest BCUT2D eigenvalue weighted by molar-refractivity contribution is -0.120. The van der Waals surface area contributed by atoms with Gasteiger partial charge in [-0.15, -0.1) is 0 Å². The van der Waals surface area contributed by atoms with Crippen LogP contribution in [-0.2, 0) is 17.8 Å². The Labute approximate surface area is 221 Å². The summed E-state index contributed by atoms with van der Waals surface area (Å²) >= 11 is 0. The number of carbonyl (C=O) groups excluding carboxylic acids is 1. The molecular weight excluding hydrogens is 462 g/mol. The number of carbonyl (C=O) groups is 1. The number of nitrogens with one attached hydrogen (secondary N) is 2. The topological polar surface area (TPSA) is 62.8 Å². The summed E-state index contributed by atoms with van der Waals surface area (Å²) in [6.45, 7) is 3.25. The van der Waals surface area contributed by atoms with E-state index in [4.69, 9.17) is 9.47 Å². The fourth-order valence-corrected chi connectivity index (χ4v) is 4.67. The quantitative estimate of drug-likeness (QED) is 0.408. The van der Waals surface area contributed by atoms with Crippen molar-refractivity contribution in [3.05, 3.63) is 83.9 Å². The minimum atomic E-state index is -0.0131. The van der Waals surface area contributed by atoms with Crippen molar-refractivity contribution in [3.8, 4) is 11.5 Å². The zero-order valence-electron chi connectivity index (χ0n) is 21.9. The van der Waals surface area contributed by atoms with Crippen LogP contribution in [0.5, 0.6) is 11.5 Å². The number of hydrogen-bond donors (Lipinski definition) is 2. The summed E-state index contributed by atoms with van der Waals surface area (Å²) in [4.78, 5) is 15.3. The van der Waals surface area contributed by atoms with Crippen molar-refractivity contribution < 1.29 is 14.3 Å². The molecule has 0 saturated heterocycles. The summed E-state index contributed by atoms with van der Waals surface area (Å²) in [5, 5.41) is 7.15. The summed E-state index contributed by atoms with van der Waals surface area (Å²) in [7, 11) is 1.69. The highest BCUT2D eigenvalue weighted by Crippen LogP contribution is 2.26. The summed E-state index contributed by atoms with van der Waals surface area (Å²) in [6, 6.07) is 24.1. The number of ether oxygens (including phenoxy) is 2. The number of hydrogen-bond acceptors (Lipinski definition) is 5. The SMILES string of the molecule is COc1cccc(CCNc2ccc3c(c2)CNCCCCCCCN3C(=O)COc2ccccc2)c1. The van der Waals surface area contributed by atoms with Gasteiger partial charge in [-0.05, 0) is 79.4 Å². The number of methoxy groups -OCH3 is 1. The first-order chi connectivity index (χ1) is 18.2. The zero-order chi connectivity index (χ0) is 25.7. The van der Waals surface area contributed by atoms with E-state index in [9.17, 15) is 4.79 Å². The molecule has 0 aromatic heterocycles. The van der Waals surface area contributed by atoms with Gasteiger partial charge in [0.2, 0.25) is 0 Å². The summed E-state index contributed by atoms with van der Waals surface area (Å²) < 4.78 is 11.2. The van der Waals surface area contributed by atoms with Gasteiger partial charge in [-0.2, -0.15) is 0 Å². The first-order valence-electron chi connectivity index (χ1n) is 13.4. The van der Waals surface area contributed by atoms with Gasteiger partial charge in [-0.3, -0.25) is 4.79 Å². The predicted octanol–water partition coefficient (Wildman–Crippen LogP) is 5.82. The van der Waals surface area contributed by atoms with Crippen LogP contribution in [0.25, 0.3) is 0 Å². The highest BCUT2D eigenvalue weighted by molar-refractivity contribution is 5.95. The van der Waals surface area contributed by atoms with Crippen LogP contribution in [0.1, 0.15) is 43.2 Å². The van der Waals surface area contributed by atoms with E-state index >= 15 is 0 Å². The van der Waals surface area contributed by atoms with Crippen molar-refractivity contribution in [1.29, 1.82) is 0 Å². The van der Waals surface area contributed by atoms with Gasteiger partial charge in [0.25, 0.3) is 5.91 Å². The van der Waals surface area contributed by atoms with E-state index in [2.05, 4.69) is 41.0 Å². The fraction of sp³-hybridized carbons (Fsp3) is 0.387. The standard InChI is InChI=1S/C31H39N3O3/c1-36-29-14-10-11-25(21-29)17-19-33-27-15-16-30-26(22-27)23-32-18-8-3-2-4-9-20-34(30)31(35)24-37-28-12-6-5-7-13-28/h5-7,10-16,21-22,32-33H,2-4,8-9,17-20,23-24H2,1H3. The molecule has 0 fully saturated rings. The highest BCUT2D eigenvalue weighted by Gasteiger charge is 2.20. The molecule has 6 heteroatoms. The maximum absolute atomic E-state index is 13.4. The molecule has 0 aliphatic carbocycles. The third kappa shape index (κ3) is 8.25. The van der Waals surface area contributed by atoms with Crippen molar-refractivity contribution in [1.82, 2.24) is 5.32 Å². The van der Waals surface area contributed by atoms with Gasteiger partial charge in [0.1, 0.15) is 11.5 Å². The predicted molar refractivity (Wildman–Crippen MR) is 151 cm³/mol. The average Bonchev–Trinajstić information content (AvgIpc) is 2.93. The van der Waals surface area contributed by atoms with E-state index in [-0.39, 0.29) is 12.5 Å². The van der Waals surface area contributed by atoms with Crippen molar-refractivity contribution in [3.63, 3.8) is 0 Å². The maximum Gasteiger partial charge on any atom is 0.264 e. The second kappa shape index (κ2) is 14.3. The third-order valence-electron chi connectivity index (χ3n) is 6.70. The molecule has 37 heavy (non-hydrogen) atoms. The van der Waals surface area contributed by atoms with Gasteiger partial charge in [0, 0.05) is 31.0 Å². The minimum absolute atomic E-state index is 0.0131. The first-order valence-corrected chi connectivity index (χ1v) is 13.4. The summed E-state index contributed by atoms with van der Waals surface area (Å²) in [5.74, 6) is 1.58. The smallest absolute Gasteiger partial charge is 0.264 e. The van der Waals surface area contributed by atoms with Crippen LogP contribution < -0.4 is 25.0 Å². The molecule has 0 saturated carbocycles. The van der Waals surface area contributed by atoms with Crippen LogP contribution in [0.3, 0.4) is 0 Å². The maximum atomic E-state index is 13.4. The van der Waals surface area contributed by atoms with Crippen molar-refractivity contribution in [2.24, 2.45) is 0 Å². The van der Waals surface area contributed by atoms with Crippen LogP contribution in [0.15, 0.2) is 72.8 Å². The molecule has 4 rings (SSSR count). The Morgan fingerprint density at radius 3 is 2.59 bits per heavy atom. The summed E-state index contributed by atoms with van der Waals surface area (Å²) in [5.41, 5.74) is 4.38. The average molecular weight is 502 g/mol. The number of fused-ring (bicyclic) bond motifs is 1. The van der Waals surface area contributed by atoms with Crippen molar-refractivity contribution in [2.75, 3.05) is 43.6 Å². The van der Waals surface area contributed by atoms with Crippen LogP contribution in [0.4, 0.5) is 11.4 Å². The van der Waals surface area contributed by atoms with Crippen molar-refractivity contribution >= 4 is 17.3 Å². The molecule has 196 valence electrons. The molecular formula is C31H39N3O3. The molecule has 3 aromatic rings.